The summed E-state index contributed by atoms with van der Waals surface area (Å²) in [6, 6.07) is 23.8. The van der Waals surface area contributed by atoms with Crippen LogP contribution in [0.1, 0.15) is 10.6 Å². The maximum atomic E-state index is 13.4. The lowest BCUT2D eigenvalue weighted by Gasteiger charge is -2.21. The Bertz CT molecular complexity index is 1240. The quantitative estimate of drug-likeness (QED) is 0.509. The normalized spacial score (nSPS) is 10.7. The first-order valence-electron chi connectivity index (χ1n) is 9.14. The maximum absolute atomic E-state index is 13.4. The largest absolute Gasteiger partial charge is 0.495 e. The SMILES string of the molecule is COc1ccccc1N(C)C(=O)c1oc(=O)c2ccccc2c1-c1ccccc1. The molecule has 144 valence electrons. The van der Waals surface area contributed by atoms with E-state index in [1.165, 1.54) is 4.90 Å². The zero-order chi connectivity index (χ0) is 20.4. The molecule has 5 heteroatoms. The first-order chi connectivity index (χ1) is 14.1. The molecule has 1 aromatic heterocycles. The van der Waals surface area contributed by atoms with Gasteiger partial charge in [-0.3, -0.25) is 4.79 Å². The van der Waals surface area contributed by atoms with Crippen LogP contribution in [0.15, 0.2) is 88.1 Å². The van der Waals surface area contributed by atoms with E-state index in [0.29, 0.717) is 27.8 Å². The summed E-state index contributed by atoms with van der Waals surface area (Å²) in [6.45, 7) is 0. The number of carbonyl (C=O) groups is 1. The molecule has 0 aliphatic carbocycles. The first kappa shape index (κ1) is 18.5. The van der Waals surface area contributed by atoms with E-state index in [9.17, 15) is 9.59 Å². The lowest BCUT2D eigenvalue weighted by molar-refractivity contribution is 0.0963. The van der Waals surface area contributed by atoms with Gasteiger partial charge in [0.05, 0.1) is 18.2 Å². The Morgan fingerprint density at radius 1 is 0.862 bits per heavy atom. The van der Waals surface area contributed by atoms with Gasteiger partial charge < -0.3 is 14.1 Å². The third kappa shape index (κ3) is 3.27. The minimum atomic E-state index is -0.544. The van der Waals surface area contributed by atoms with E-state index in [4.69, 9.17) is 9.15 Å². The number of para-hydroxylation sites is 2. The molecule has 0 aliphatic heterocycles. The van der Waals surface area contributed by atoms with Gasteiger partial charge in [-0.05, 0) is 23.8 Å². The second kappa shape index (κ2) is 7.64. The lowest BCUT2D eigenvalue weighted by Crippen LogP contribution is -2.28. The molecule has 3 aromatic carbocycles. The molecule has 4 rings (SSSR count). The molecule has 0 unspecified atom stereocenters. The zero-order valence-corrected chi connectivity index (χ0v) is 16.1. The Morgan fingerprint density at radius 2 is 1.48 bits per heavy atom. The summed E-state index contributed by atoms with van der Waals surface area (Å²) >= 11 is 0. The highest BCUT2D eigenvalue weighted by Crippen LogP contribution is 2.33. The van der Waals surface area contributed by atoms with Gasteiger partial charge in [-0.2, -0.15) is 0 Å². The van der Waals surface area contributed by atoms with Crippen LogP contribution in [0.3, 0.4) is 0 Å². The molecular formula is C24H19NO4. The van der Waals surface area contributed by atoms with Crippen molar-refractivity contribution in [1.82, 2.24) is 0 Å². The molecule has 4 aromatic rings. The lowest BCUT2D eigenvalue weighted by atomic mass is 9.98. The van der Waals surface area contributed by atoms with Crippen LogP contribution in [0.5, 0.6) is 5.75 Å². The number of anilines is 1. The molecule has 0 spiro atoms. The van der Waals surface area contributed by atoms with Crippen molar-refractivity contribution in [2.45, 2.75) is 0 Å². The number of amides is 1. The third-order valence-electron chi connectivity index (χ3n) is 4.85. The summed E-state index contributed by atoms with van der Waals surface area (Å²) in [6.07, 6.45) is 0. The van der Waals surface area contributed by atoms with Crippen molar-refractivity contribution >= 4 is 22.4 Å². The van der Waals surface area contributed by atoms with Gasteiger partial charge in [0.2, 0.25) is 5.76 Å². The van der Waals surface area contributed by atoms with Crippen molar-refractivity contribution in [1.29, 1.82) is 0 Å². The van der Waals surface area contributed by atoms with Crippen LogP contribution in [-0.2, 0) is 0 Å². The molecule has 0 saturated heterocycles. The average molecular weight is 385 g/mol. The number of hydrogen-bond donors (Lipinski definition) is 0. The predicted molar refractivity (Wildman–Crippen MR) is 114 cm³/mol. The number of benzene rings is 3. The Hall–Kier alpha value is -3.86. The topological polar surface area (TPSA) is 59.8 Å². The third-order valence-corrected chi connectivity index (χ3v) is 4.85. The van der Waals surface area contributed by atoms with Gasteiger partial charge in [-0.15, -0.1) is 0 Å². The monoisotopic (exact) mass is 385 g/mol. The van der Waals surface area contributed by atoms with Crippen LogP contribution in [0.4, 0.5) is 5.69 Å². The minimum Gasteiger partial charge on any atom is -0.495 e. The van der Waals surface area contributed by atoms with Crippen LogP contribution in [0.25, 0.3) is 21.9 Å². The molecule has 29 heavy (non-hydrogen) atoms. The van der Waals surface area contributed by atoms with Gasteiger partial charge in [-0.1, -0.05) is 60.7 Å². The fourth-order valence-electron chi connectivity index (χ4n) is 3.41. The Balaban J connectivity index is 1.96. The average Bonchev–Trinajstić information content (AvgIpc) is 2.78. The predicted octanol–water partition coefficient (Wildman–Crippen LogP) is 4.75. The standard InChI is InChI=1S/C24H19NO4/c1-25(19-14-8-9-15-20(19)28-2)23(26)22-21(16-10-4-3-5-11-16)17-12-6-7-13-18(17)24(27)29-22/h3-15H,1-2H3. The van der Waals surface area contributed by atoms with Crippen molar-refractivity contribution in [2.24, 2.45) is 0 Å². The molecule has 0 atom stereocenters. The molecule has 0 bridgehead atoms. The van der Waals surface area contributed by atoms with Crippen LogP contribution < -0.4 is 15.3 Å². The van der Waals surface area contributed by atoms with Crippen molar-refractivity contribution < 1.29 is 13.9 Å². The number of fused-ring (bicyclic) bond motifs is 1. The van der Waals surface area contributed by atoms with Crippen LogP contribution in [0.2, 0.25) is 0 Å². The first-order valence-corrected chi connectivity index (χ1v) is 9.14. The van der Waals surface area contributed by atoms with Crippen molar-refractivity contribution in [3.8, 4) is 16.9 Å². The second-order valence-corrected chi connectivity index (χ2v) is 6.54. The summed E-state index contributed by atoms with van der Waals surface area (Å²) in [5.41, 5.74) is 1.42. The molecule has 1 amide bonds. The number of ether oxygens (including phenoxy) is 1. The summed E-state index contributed by atoms with van der Waals surface area (Å²) in [7, 11) is 3.17. The second-order valence-electron chi connectivity index (χ2n) is 6.54. The van der Waals surface area contributed by atoms with Gasteiger partial charge in [0.15, 0.2) is 0 Å². The summed E-state index contributed by atoms with van der Waals surface area (Å²) in [5.74, 6) is 0.109. The smallest absolute Gasteiger partial charge is 0.344 e. The molecule has 5 nitrogen and oxygen atoms in total. The number of rotatable bonds is 4. The highest BCUT2D eigenvalue weighted by molar-refractivity contribution is 6.13. The van der Waals surface area contributed by atoms with Crippen LogP contribution >= 0.6 is 0 Å². The van der Waals surface area contributed by atoms with Gasteiger partial charge in [0.25, 0.3) is 5.91 Å². The van der Waals surface area contributed by atoms with Crippen LogP contribution in [0, 0.1) is 0 Å². The molecule has 0 radical (unpaired) electrons. The molecule has 0 aliphatic rings. The Morgan fingerprint density at radius 3 is 2.21 bits per heavy atom. The van der Waals surface area contributed by atoms with Gasteiger partial charge in [0.1, 0.15) is 5.75 Å². The van der Waals surface area contributed by atoms with E-state index in [-0.39, 0.29) is 5.76 Å². The van der Waals surface area contributed by atoms with Gasteiger partial charge in [0, 0.05) is 18.0 Å². The van der Waals surface area contributed by atoms with Gasteiger partial charge >= 0.3 is 5.63 Å². The maximum Gasteiger partial charge on any atom is 0.344 e. The van der Waals surface area contributed by atoms with E-state index >= 15 is 0 Å². The van der Waals surface area contributed by atoms with E-state index in [1.807, 2.05) is 54.6 Å². The minimum absolute atomic E-state index is 0.00620. The summed E-state index contributed by atoms with van der Waals surface area (Å²) in [4.78, 5) is 27.5. The highest BCUT2D eigenvalue weighted by atomic mass is 16.5. The van der Waals surface area contributed by atoms with E-state index in [0.717, 1.165) is 5.56 Å². The molecule has 1 heterocycles. The Kier molecular flexibility index (Phi) is 4.87. The van der Waals surface area contributed by atoms with Crippen molar-refractivity contribution in [3.05, 3.63) is 95.0 Å². The molecular weight excluding hydrogens is 366 g/mol. The number of nitrogens with zero attached hydrogens (tertiary/aromatic N) is 1. The van der Waals surface area contributed by atoms with Crippen LogP contribution in [-0.4, -0.2) is 20.1 Å². The fourth-order valence-corrected chi connectivity index (χ4v) is 3.41. The zero-order valence-electron chi connectivity index (χ0n) is 16.1. The highest BCUT2D eigenvalue weighted by Gasteiger charge is 2.25. The van der Waals surface area contributed by atoms with E-state index in [1.54, 1.807) is 38.4 Å². The molecule has 0 saturated carbocycles. The fraction of sp³-hybridized carbons (Fsp3) is 0.0833. The summed E-state index contributed by atoms with van der Waals surface area (Å²) in [5, 5.41) is 1.11. The van der Waals surface area contributed by atoms with Crippen molar-refractivity contribution in [2.75, 3.05) is 19.1 Å². The molecule has 0 fully saturated rings. The summed E-state index contributed by atoms with van der Waals surface area (Å²) < 4.78 is 10.9. The van der Waals surface area contributed by atoms with E-state index in [2.05, 4.69) is 0 Å². The van der Waals surface area contributed by atoms with E-state index < -0.39 is 11.5 Å². The number of methoxy groups -OCH3 is 1. The number of hydrogen-bond acceptors (Lipinski definition) is 4. The number of carbonyl (C=O) groups excluding carboxylic acids is 1. The van der Waals surface area contributed by atoms with Gasteiger partial charge in [-0.25, -0.2) is 4.79 Å². The molecule has 0 N–H and O–H groups in total. The van der Waals surface area contributed by atoms with Crippen molar-refractivity contribution in [3.63, 3.8) is 0 Å². The Labute approximate surface area is 167 Å².